The van der Waals surface area contributed by atoms with Crippen molar-refractivity contribution < 1.29 is 14.6 Å². The van der Waals surface area contributed by atoms with Crippen molar-refractivity contribution in [1.29, 1.82) is 0 Å². The molecule has 1 aliphatic rings. The molecule has 0 heterocycles. The second kappa shape index (κ2) is 6.63. The Morgan fingerprint density at radius 2 is 1.77 bits per heavy atom. The third-order valence-electron chi connectivity index (χ3n) is 3.29. The van der Waals surface area contributed by atoms with Gasteiger partial charge in [-0.25, -0.2) is 0 Å². The van der Waals surface area contributed by atoms with Gasteiger partial charge in [-0.3, -0.25) is 4.79 Å². The van der Waals surface area contributed by atoms with Crippen LogP contribution in [0.1, 0.15) is 17.0 Å². The first-order valence-corrected chi connectivity index (χ1v) is 9.56. The molecular weight excluding hydrogens is 621 g/mol. The van der Waals surface area contributed by atoms with Crippen molar-refractivity contribution in [2.45, 2.75) is 5.92 Å². The number of phenolic OH excluding ortho intramolecular Hbond substituents is 1. The summed E-state index contributed by atoms with van der Waals surface area (Å²) in [7, 11) is 0. The number of fused-ring (bicyclic) bond motifs is 1. The first-order valence-electron chi connectivity index (χ1n) is 6.33. The van der Waals surface area contributed by atoms with E-state index < -0.39 is 5.92 Å². The average Bonchev–Trinajstić information content (AvgIpc) is 2.85. The molecule has 1 N–H and O–H groups in total. The summed E-state index contributed by atoms with van der Waals surface area (Å²) in [6.45, 7) is 0. The second-order valence-electron chi connectivity index (χ2n) is 4.77. The highest BCUT2D eigenvalue weighted by atomic mass is 127. The summed E-state index contributed by atoms with van der Waals surface area (Å²) in [5.41, 5.74) is 1.72. The monoisotopic (exact) mass is 630 g/mol. The third-order valence-corrected chi connectivity index (χ3v) is 5.52. The second-order valence-corrected chi connectivity index (χ2v) is 8.34. The average molecular weight is 630 g/mol. The van der Waals surface area contributed by atoms with E-state index in [2.05, 4.69) is 67.8 Å². The highest BCUT2D eigenvalue weighted by molar-refractivity contribution is 14.1. The molecule has 1 unspecified atom stereocenters. The summed E-state index contributed by atoms with van der Waals surface area (Å²) in [6.07, 6.45) is 3.64. The molecule has 22 heavy (non-hydrogen) atoms. The zero-order valence-electron chi connectivity index (χ0n) is 11.0. The minimum atomic E-state index is -0.429. The molecule has 0 saturated carbocycles. The summed E-state index contributed by atoms with van der Waals surface area (Å²) >= 11 is 6.59. The summed E-state index contributed by atoms with van der Waals surface area (Å²) < 4.78 is 8.56. The number of benzene rings is 2. The molecule has 2 aromatic carbocycles. The Morgan fingerprint density at radius 3 is 2.45 bits per heavy atom. The lowest BCUT2D eigenvalue weighted by Gasteiger charge is -2.13. The van der Waals surface area contributed by atoms with Crippen LogP contribution in [0.15, 0.2) is 36.4 Å². The molecule has 3 rings (SSSR count). The lowest BCUT2D eigenvalue weighted by Crippen LogP contribution is -2.17. The number of rotatable bonds is 2. The first kappa shape index (κ1) is 16.5. The predicted molar refractivity (Wildman–Crippen MR) is 110 cm³/mol. The van der Waals surface area contributed by atoms with E-state index in [0.717, 1.165) is 21.8 Å². The maximum Gasteiger partial charge on any atom is 0.322 e. The fraction of sp³-hybridized carbons (Fsp3) is 0.0625. The standard InChI is InChI=1S/C16H9I3O3/c17-9-6-13(18)15(14(19)7-9)22-16(21)12-3-1-8-5-10(20)2-4-11(8)12/h1-7,12,20H. The van der Waals surface area contributed by atoms with Gasteiger partial charge in [0.05, 0.1) is 7.14 Å². The number of carbonyl (C=O) groups excluding carboxylic acids is 1. The lowest BCUT2D eigenvalue weighted by atomic mass is 10.0. The van der Waals surface area contributed by atoms with Crippen LogP contribution in [0.25, 0.3) is 6.08 Å². The fourth-order valence-electron chi connectivity index (χ4n) is 2.29. The van der Waals surface area contributed by atoms with Crippen molar-refractivity contribution in [3.8, 4) is 11.5 Å². The van der Waals surface area contributed by atoms with Crippen LogP contribution in [0.2, 0.25) is 0 Å². The number of hydrogen-bond donors (Lipinski definition) is 1. The van der Waals surface area contributed by atoms with Gasteiger partial charge in [-0.2, -0.15) is 0 Å². The molecular formula is C16H9I3O3. The predicted octanol–water partition coefficient (Wildman–Crippen LogP) is 4.92. The highest BCUT2D eigenvalue weighted by Gasteiger charge is 2.27. The van der Waals surface area contributed by atoms with Gasteiger partial charge in [-0.15, -0.1) is 0 Å². The third kappa shape index (κ3) is 3.28. The Kier molecular flexibility index (Phi) is 4.98. The summed E-state index contributed by atoms with van der Waals surface area (Å²) in [5, 5.41) is 9.50. The molecule has 112 valence electrons. The smallest absolute Gasteiger partial charge is 0.322 e. The van der Waals surface area contributed by atoms with Gasteiger partial charge in [0, 0.05) is 3.57 Å². The van der Waals surface area contributed by atoms with Crippen LogP contribution in [0.5, 0.6) is 11.5 Å². The van der Waals surface area contributed by atoms with E-state index in [1.807, 2.05) is 18.2 Å². The minimum Gasteiger partial charge on any atom is -0.508 e. The summed E-state index contributed by atoms with van der Waals surface area (Å²) in [5.74, 6) is 0.0607. The molecule has 2 aromatic rings. The molecule has 0 bridgehead atoms. The van der Waals surface area contributed by atoms with E-state index in [4.69, 9.17) is 4.74 Å². The zero-order chi connectivity index (χ0) is 15.9. The maximum atomic E-state index is 12.5. The summed E-state index contributed by atoms with van der Waals surface area (Å²) in [6, 6.07) is 8.95. The van der Waals surface area contributed by atoms with Gasteiger partial charge in [0.15, 0.2) is 5.75 Å². The fourth-order valence-corrected chi connectivity index (χ4v) is 6.09. The maximum absolute atomic E-state index is 12.5. The van der Waals surface area contributed by atoms with Crippen molar-refractivity contribution in [1.82, 2.24) is 0 Å². The van der Waals surface area contributed by atoms with Crippen LogP contribution in [0.3, 0.4) is 0 Å². The van der Waals surface area contributed by atoms with Crippen LogP contribution in [0.4, 0.5) is 0 Å². The van der Waals surface area contributed by atoms with Gasteiger partial charge < -0.3 is 9.84 Å². The van der Waals surface area contributed by atoms with Gasteiger partial charge in [-0.1, -0.05) is 18.2 Å². The Bertz CT molecular complexity index is 776. The number of halogens is 3. The number of esters is 1. The molecule has 0 spiro atoms. The number of phenols is 1. The highest BCUT2D eigenvalue weighted by Crippen LogP contribution is 2.35. The Morgan fingerprint density at radius 1 is 1.09 bits per heavy atom. The van der Waals surface area contributed by atoms with Crippen LogP contribution in [-0.4, -0.2) is 11.1 Å². The molecule has 0 aliphatic heterocycles. The minimum absolute atomic E-state index is 0.194. The van der Waals surface area contributed by atoms with Crippen LogP contribution < -0.4 is 4.74 Å². The molecule has 0 fully saturated rings. The lowest BCUT2D eigenvalue weighted by molar-refractivity contribution is -0.135. The number of aromatic hydroxyl groups is 1. The van der Waals surface area contributed by atoms with E-state index in [9.17, 15) is 9.90 Å². The van der Waals surface area contributed by atoms with E-state index in [-0.39, 0.29) is 11.7 Å². The molecule has 6 heteroatoms. The SMILES string of the molecule is O=C(Oc1c(I)cc(I)cc1I)C1C=Cc2cc(O)ccc21. The van der Waals surface area contributed by atoms with Gasteiger partial charge in [0.2, 0.25) is 0 Å². The van der Waals surface area contributed by atoms with Gasteiger partial charge in [0.1, 0.15) is 11.7 Å². The van der Waals surface area contributed by atoms with Crippen molar-refractivity contribution in [3.05, 3.63) is 58.2 Å². The Labute approximate surface area is 168 Å². The van der Waals surface area contributed by atoms with Gasteiger partial charge in [-0.05, 0) is 103 Å². The van der Waals surface area contributed by atoms with E-state index in [0.29, 0.717) is 5.75 Å². The van der Waals surface area contributed by atoms with Crippen molar-refractivity contribution in [3.63, 3.8) is 0 Å². The van der Waals surface area contributed by atoms with Gasteiger partial charge >= 0.3 is 5.97 Å². The Balaban J connectivity index is 1.88. The quantitative estimate of drug-likeness (QED) is 0.292. The molecule has 0 radical (unpaired) electrons. The number of carbonyl (C=O) groups is 1. The van der Waals surface area contributed by atoms with Crippen LogP contribution >= 0.6 is 67.8 Å². The molecule has 1 atom stereocenters. The molecule has 0 amide bonds. The van der Waals surface area contributed by atoms with E-state index in [1.54, 1.807) is 24.3 Å². The number of ether oxygens (including phenoxy) is 1. The van der Waals surface area contributed by atoms with E-state index in [1.165, 1.54) is 0 Å². The topological polar surface area (TPSA) is 46.5 Å². The van der Waals surface area contributed by atoms with Crippen molar-refractivity contribution in [2.75, 3.05) is 0 Å². The largest absolute Gasteiger partial charge is 0.508 e. The van der Waals surface area contributed by atoms with Gasteiger partial charge in [0.25, 0.3) is 0 Å². The molecule has 3 nitrogen and oxygen atoms in total. The normalized spacial score (nSPS) is 15.7. The molecule has 0 saturated heterocycles. The molecule has 0 aromatic heterocycles. The van der Waals surface area contributed by atoms with Crippen molar-refractivity contribution in [2.24, 2.45) is 0 Å². The zero-order valence-corrected chi connectivity index (χ0v) is 17.5. The molecule has 1 aliphatic carbocycles. The first-order chi connectivity index (χ1) is 10.5. The van der Waals surface area contributed by atoms with Crippen LogP contribution in [0, 0.1) is 10.7 Å². The van der Waals surface area contributed by atoms with Crippen molar-refractivity contribution >= 4 is 79.8 Å². The van der Waals surface area contributed by atoms with E-state index >= 15 is 0 Å². The van der Waals surface area contributed by atoms with Crippen LogP contribution in [-0.2, 0) is 4.79 Å². The number of hydrogen-bond acceptors (Lipinski definition) is 3. The summed E-state index contributed by atoms with van der Waals surface area (Å²) in [4.78, 5) is 12.5. The Hall–Kier alpha value is -0.360.